The van der Waals surface area contributed by atoms with Gasteiger partial charge in [-0.15, -0.1) is 0 Å². The summed E-state index contributed by atoms with van der Waals surface area (Å²) in [6.45, 7) is 1.59. The second-order valence-corrected chi connectivity index (χ2v) is 3.80. The number of aliphatic hydroxyl groups excluding tert-OH is 2. The van der Waals surface area contributed by atoms with Crippen molar-refractivity contribution >= 4 is 11.6 Å². The molecule has 0 saturated heterocycles. The molecule has 16 heavy (non-hydrogen) atoms. The van der Waals surface area contributed by atoms with E-state index in [2.05, 4.69) is 10.0 Å². The van der Waals surface area contributed by atoms with Crippen molar-refractivity contribution in [1.29, 1.82) is 0 Å². The van der Waals surface area contributed by atoms with Crippen LogP contribution < -0.4 is 0 Å². The van der Waals surface area contributed by atoms with E-state index in [0.717, 1.165) is 5.56 Å². The van der Waals surface area contributed by atoms with Crippen molar-refractivity contribution in [2.45, 2.75) is 19.1 Å². The van der Waals surface area contributed by atoms with Crippen LogP contribution in [0, 0.1) is 6.92 Å². The van der Waals surface area contributed by atoms with Gasteiger partial charge in [0.1, 0.15) is 6.10 Å². The molecule has 6 heteroatoms. The molecule has 2 N–H and O–H groups in total. The smallest absolute Gasteiger partial charge is 0.107 e. The second kappa shape index (κ2) is 5.72. The average Bonchev–Trinajstić information content (AvgIpc) is 2.25. The van der Waals surface area contributed by atoms with E-state index in [-0.39, 0.29) is 6.54 Å². The first-order valence-electron chi connectivity index (χ1n) is 4.70. The number of hydrogen-bond acceptors (Lipinski definition) is 3. The topological polar surface area (TPSA) is 89.2 Å². The number of nitrogens with zero attached hydrogens (tertiary/aromatic N) is 3. The van der Waals surface area contributed by atoms with E-state index in [0.29, 0.717) is 10.6 Å². The Morgan fingerprint density at radius 3 is 2.75 bits per heavy atom. The third-order valence-corrected chi connectivity index (χ3v) is 2.59. The average molecular weight is 242 g/mol. The summed E-state index contributed by atoms with van der Waals surface area (Å²) in [5.74, 6) is 0. The summed E-state index contributed by atoms with van der Waals surface area (Å²) in [5.41, 5.74) is 9.36. The Kier molecular flexibility index (Phi) is 4.58. The van der Waals surface area contributed by atoms with Crippen molar-refractivity contribution in [3.8, 4) is 0 Å². The van der Waals surface area contributed by atoms with Gasteiger partial charge in [0.2, 0.25) is 0 Å². The van der Waals surface area contributed by atoms with Crippen LogP contribution in [0.25, 0.3) is 10.4 Å². The molecule has 0 saturated carbocycles. The number of aliphatic hydroxyl groups is 2. The molecule has 0 aromatic heterocycles. The molecule has 0 fully saturated rings. The van der Waals surface area contributed by atoms with Crippen LogP contribution >= 0.6 is 11.6 Å². The highest BCUT2D eigenvalue weighted by atomic mass is 35.5. The first-order valence-corrected chi connectivity index (χ1v) is 5.07. The molecule has 0 aliphatic carbocycles. The third kappa shape index (κ3) is 2.87. The zero-order chi connectivity index (χ0) is 12.1. The molecular formula is C10H12ClN3O2. The number of aryl methyl sites for hydroxylation is 1. The zero-order valence-corrected chi connectivity index (χ0v) is 9.46. The molecule has 0 heterocycles. The third-order valence-electron chi connectivity index (χ3n) is 2.26. The van der Waals surface area contributed by atoms with Crippen molar-refractivity contribution in [1.82, 2.24) is 0 Å². The molecule has 0 aliphatic heterocycles. The van der Waals surface area contributed by atoms with E-state index in [1.54, 1.807) is 25.1 Å². The maximum absolute atomic E-state index is 9.86. The van der Waals surface area contributed by atoms with Gasteiger partial charge in [-0.05, 0) is 24.1 Å². The van der Waals surface area contributed by atoms with Gasteiger partial charge in [-0.1, -0.05) is 28.8 Å². The summed E-state index contributed by atoms with van der Waals surface area (Å²) in [5, 5.41) is 23.0. The standard InChI is InChI=1S/C10H12ClN3O2/c1-6-3-2-4-7(11)9(6)10(16)8(15)5-13-14-12/h2-4,8,10,15-16H,5H2,1H3. The predicted octanol–water partition coefficient (Wildman–Crippen LogP) is 2.35. The largest absolute Gasteiger partial charge is 0.390 e. The van der Waals surface area contributed by atoms with Crippen molar-refractivity contribution in [3.05, 3.63) is 44.8 Å². The highest BCUT2D eigenvalue weighted by Crippen LogP contribution is 2.28. The molecule has 1 aromatic rings. The SMILES string of the molecule is Cc1cccc(Cl)c1C(O)C(O)CN=[N+]=[N-]. The zero-order valence-electron chi connectivity index (χ0n) is 8.71. The van der Waals surface area contributed by atoms with Crippen LogP contribution in [-0.2, 0) is 0 Å². The fourth-order valence-corrected chi connectivity index (χ4v) is 1.77. The van der Waals surface area contributed by atoms with Crippen LogP contribution in [0.15, 0.2) is 23.3 Å². The fraction of sp³-hybridized carbons (Fsp3) is 0.400. The van der Waals surface area contributed by atoms with E-state index in [4.69, 9.17) is 17.1 Å². The van der Waals surface area contributed by atoms with Crippen molar-refractivity contribution in [2.75, 3.05) is 6.54 Å². The van der Waals surface area contributed by atoms with Crippen LogP contribution in [-0.4, -0.2) is 22.9 Å². The van der Waals surface area contributed by atoms with Crippen LogP contribution in [0.1, 0.15) is 17.2 Å². The van der Waals surface area contributed by atoms with Gasteiger partial charge in [0.15, 0.2) is 0 Å². The minimum atomic E-state index is -1.16. The molecule has 0 spiro atoms. The van der Waals surface area contributed by atoms with E-state index < -0.39 is 12.2 Å². The van der Waals surface area contributed by atoms with Gasteiger partial charge < -0.3 is 10.2 Å². The van der Waals surface area contributed by atoms with Gasteiger partial charge in [0.25, 0.3) is 0 Å². The van der Waals surface area contributed by atoms with Gasteiger partial charge in [-0.25, -0.2) is 0 Å². The number of azide groups is 1. The van der Waals surface area contributed by atoms with Crippen molar-refractivity contribution in [3.63, 3.8) is 0 Å². The molecule has 2 atom stereocenters. The molecule has 2 unspecified atom stereocenters. The molecule has 5 nitrogen and oxygen atoms in total. The van der Waals surface area contributed by atoms with Gasteiger partial charge in [0.05, 0.1) is 12.6 Å². The Morgan fingerprint density at radius 1 is 1.50 bits per heavy atom. The van der Waals surface area contributed by atoms with Crippen LogP contribution in [0.5, 0.6) is 0 Å². The Hall–Kier alpha value is -1.26. The first-order chi connectivity index (χ1) is 7.57. The maximum Gasteiger partial charge on any atom is 0.107 e. The number of rotatable bonds is 4. The molecule has 0 radical (unpaired) electrons. The minimum absolute atomic E-state index is 0.192. The second-order valence-electron chi connectivity index (χ2n) is 3.40. The summed E-state index contributed by atoms with van der Waals surface area (Å²) in [6.07, 6.45) is -2.31. The van der Waals surface area contributed by atoms with Gasteiger partial charge in [-0.3, -0.25) is 0 Å². The minimum Gasteiger partial charge on any atom is -0.390 e. The predicted molar refractivity (Wildman–Crippen MR) is 61.2 cm³/mol. The lowest BCUT2D eigenvalue weighted by Crippen LogP contribution is -2.22. The Balaban J connectivity index is 2.95. The molecule has 0 amide bonds. The lowest BCUT2D eigenvalue weighted by Gasteiger charge is -2.19. The first kappa shape index (κ1) is 12.8. The summed E-state index contributed by atoms with van der Waals surface area (Å²) in [4.78, 5) is 2.52. The highest BCUT2D eigenvalue weighted by molar-refractivity contribution is 6.31. The number of benzene rings is 1. The number of halogens is 1. The molecule has 0 bridgehead atoms. The molecule has 1 rings (SSSR count). The monoisotopic (exact) mass is 241 g/mol. The highest BCUT2D eigenvalue weighted by Gasteiger charge is 2.21. The number of hydrogen-bond donors (Lipinski definition) is 2. The summed E-state index contributed by atoms with van der Waals surface area (Å²) in [6, 6.07) is 5.17. The van der Waals surface area contributed by atoms with E-state index >= 15 is 0 Å². The van der Waals surface area contributed by atoms with E-state index in [1.807, 2.05) is 0 Å². The Bertz CT molecular complexity index is 398. The van der Waals surface area contributed by atoms with E-state index in [9.17, 15) is 10.2 Å². The molecule has 1 aromatic carbocycles. The van der Waals surface area contributed by atoms with Gasteiger partial charge in [0, 0.05) is 15.5 Å². The fourth-order valence-electron chi connectivity index (χ4n) is 1.43. The maximum atomic E-state index is 9.86. The van der Waals surface area contributed by atoms with Gasteiger partial charge in [-0.2, -0.15) is 0 Å². The van der Waals surface area contributed by atoms with Crippen molar-refractivity contribution in [2.24, 2.45) is 5.11 Å². The van der Waals surface area contributed by atoms with E-state index in [1.165, 1.54) is 0 Å². The summed E-state index contributed by atoms with van der Waals surface area (Å²) < 4.78 is 0. The van der Waals surface area contributed by atoms with Crippen LogP contribution in [0.4, 0.5) is 0 Å². The van der Waals surface area contributed by atoms with Crippen molar-refractivity contribution < 1.29 is 10.2 Å². The molecule has 86 valence electrons. The van der Waals surface area contributed by atoms with Crippen LogP contribution in [0.2, 0.25) is 5.02 Å². The lowest BCUT2D eigenvalue weighted by molar-refractivity contribution is 0.0241. The quantitative estimate of drug-likeness (QED) is 0.481. The lowest BCUT2D eigenvalue weighted by atomic mass is 9.99. The summed E-state index contributed by atoms with van der Waals surface area (Å²) in [7, 11) is 0. The normalized spacial score (nSPS) is 14.0. The van der Waals surface area contributed by atoms with Gasteiger partial charge >= 0.3 is 0 Å². The Morgan fingerprint density at radius 2 is 2.19 bits per heavy atom. The molecular weight excluding hydrogens is 230 g/mol. The Labute approximate surface area is 97.9 Å². The molecule has 0 aliphatic rings. The summed E-state index contributed by atoms with van der Waals surface area (Å²) >= 11 is 5.93. The van der Waals surface area contributed by atoms with Crippen LogP contribution in [0.3, 0.4) is 0 Å².